The summed E-state index contributed by atoms with van der Waals surface area (Å²) in [5.41, 5.74) is 6.71. The van der Waals surface area contributed by atoms with E-state index in [0.717, 1.165) is 5.57 Å². The van der Waals surface area contributed by atoms with E-state index in [1.165, 1.54) is 0 Å². The molecule has 0 heterocycles. The Morgan fingerprint density at radius 2 is 1.45 bits per heavy atom. The molecular formula is C17H32O2Si. The van der Waals surface area contributed by atoms with Crippen LogP contribution in [0.25, 0.3) is 0 Å². The van der Waals surface area contributed by atoms with Gasteiger partial charge >= 0.3 is 0 Å². The van der Waals surface area contributed by atoms with Crippen molar-refractivity contribution in [1.29, 1.82) is 0 Å². The summed E-state index contributed by atoms with van der Waals surface area (Å²) in [5.74, 6) is 3.41. The third-order valence-electron chi connectivity index (χ3n) is 4.10. The Morgan fingerprint density at radius 3 is 1.80 bits per heavy atom. The number of rotatable bonds is 7. The lowest BCUT2D eigenvalue weighted by Crippen LogP contribution is -2.43. The fourth-order valence-electron chi connectivity index (χ4n) is 3.11. The molecule has 3 heteroatoms. The Balaban J connectivity index is 5.50. The van der Waals surface area contributed by atoms with Crippen molar-refractivity contribution in [3.8, 4) is 11.5 Å². The van der Waals surface area contributed by atoms with Crippen molar-refractivity contribution in [2.24, 2.45) is 0 Å². The van der Waals surface area contributed by atoms with Gasteiger partial charge in [-0.05, 0) is 22.7 Å². The molecule has 0 radical (unpaired) electrons. The van der Waals surface area contributed by atoms with Crippen LogP contribution in [-0.4, -0.2) is 35.5 Å². The summed E-state index contributed by atoms with van der Waals surface area (Å²) in [6.45, 7) is 15.1. The van der Waals surface area contributed by atoms with Crippen molar-refractivity contribution in [3.05, 3.63) is 11.6 Å². The van der Waals surface area contributed by atoms with Crippen LogP contribution in [0.1, 0.15) is 41.5 Å². The fraction of sp³-hybridized carbons (Fsp3) is 0.765. The standard InChI is InChI=1S/C17H32O2Si/c1-14(2)20(15(3)4,16(5)6)12-10-17(13-19-8)9-11-18-7/h9,14-16H,11,13H2,1-8H3/b17-9-. The monoisotopic (exact) mass is 296 g/mol. The zero-order valence-corrected chi connectivity index (χ0v) is 15.5. The summed E-state index contributed by atoms with van der Waals surface area (Å²) in [4.78, 5) is 0. The molecule has 0 aromatic heterocycles. The summed E-state index contributed by atoms with van der Waals surface area (Å²) in [6, 6.07) is 0. The predicted octanol–water partition coefficient (Wildman–Crippen LogP) is 4.43. The van der Waals surface area contributed by atoms with Crippen LogP contribution in [0, 0.1) is 11.5 Å². The van der Waals surface area contributed by atoms with E-state index in [1.54, 1.807) is 14.2 Å². The van der Waals surface area contributed by atoms with Gasteiger partial charge in [0.2, 0.25) is 0 Å². The zero-order valence-electron chi connectivity index (χ0n) is 14.5. The summed E-state index contributed by atoms with van der Waals surface area (Å²) in [6.07, 6.45) is 2.02. The highest BCUT2D eigenvalue weighted by molar-refractivity contribution is 6.90. The molecule has 0 N–H and O–H groups in total. The first-order chi connectivity index (χ1) is 9.32. The van der Waals surface area contributed by atoms with Crippen LogP contribution in [0.2, 0.25) is 16.6 Å². The first-order valence-corrected chi connectivity index (χ1v) is 9.76. The zero-order chi connectivity index (χ0) is 15.8. The molecule has 0 fully saturated rings. The minimum atomic E-state index is -1.66. The summed E-state index contributed by atoms with van der Waals surface area (Å²) in [5, 5.41) is 0. The molecule has 0 unspecified atom stereocenters. The van der Waals surface area contributed by atoms with Crippen molar-refractivity contribution in [2.75, 3.05) is 27.4 Å². The molecule has 0 saturated heterocycles. The summed E-state index contributed by atoms with van der Waals surface area (Å²) in [7, 11) is 1.75. The van der Waals surface area contributed by atoms with Crippen LogP contribution >= 0.6 is 0 Å². The fourth-order valence-corrected chi connectivity index (χ4v) is 8.35. The van der Waals surface area contributed by atoms with Gasteiger partial charge in [0.15, 0.2) is 0 Å². The quantitative estimate of drug-likeness (QED) is 0.511. The predicted molar refractivity (Wildman–Crippen MR) is 90.7 cm³/mol. The first kappa shape index (κ1) is 19.4. The van der Waals surface area contributed by atoms with Crippen molar-refractivity contribution >= 4 is 8.07 Å². The second-order valence-corrected chi connectivity index (χ2v) is 11.8. The van der Waals surface area contributed by atoms with Crippen molar-refractivity contribution in [3.63, 3.8) is 0 Å². The average molecular weight is 297 g/mol. The summed E-state index contributed by atoms with van der Waals surface area (Å²) < 4.78 is 10.3. The highest BCUT2D eigenvalue weighted by Gasteiger charge is 2.41. The molecule has 0 aromatic carbocycles. The van der Waals surface area contributed by atoms with Gasteiger partial charge in [-0.25, -0.2) is 0 Å². The third-order valence-corrected chi connectivity index (χ3v) is 10.4. The molecule has 0 saturated carbocycles. The summed E-state index contributed by atoms with van der Waals surface area (Å²) >= 11 is 0. The molecule has 2 nitrogen and oxygen atoms in total. The molecule has 0 aliphatic heterocycles. The van der Waals surface area contributed by atoms with E-state index in [4.69, 9.17) is 9.47 Å². The maximum atomic E-state index is 5.24. The van der Waals surface area contributed by atoms with Gasteiger partial charge in [-0.1, -0.05) is 47.5 Å². The van der Waals surface area contributed by atoms with E-state index in [-0.39, 0.29) is 0 Å². The van der Waals surface area contributed by atoms with E-state index < -0.39 is 8.07 Å². The van der Waals surface area contributed by atoms with E-state index in [1.807, 2.05) is 6.08 Å². The normalized spacial score (nSPS) is 13.1. The number of ether oxygens (including phenoxy) is 2. The van der Waals surface area contributed by atoms with Gasteiger partial charge in [-0.15, -0.1) is 5.54 Å². The van der Waals surface area contributed by atoms with Crippen molar-refractivity contribution in [1.82, 2.24) is 0 Å². The Bertz CT molecular complexity index is 337. The minimum absolute atomic E-state index is 0.565. The maximum Gasteiger partial charge on any atom is 0.146 e. The van der Waals surface area contributed by atoms with Gasteiger partial charge in [-0.2, -0.15) is 0 Å². The van der Waals surface area contributed by atoms with Crippen LogP contribution in [0.15, 0.2) is 11.6 Å². The molecule has 0 bridgehead atoms. The van der Waals surface area contributed by atoms with Crippen molar-refractivity contribution < 1.29 is 9.47 Å². The molecular weight excluding hydrogens is 264 g/mol. The largest absolute Gasteiger partial charge is 0.381 e. The highest BCUT2D eigenvalue weighted by atomic mass is 28.3. The van der Waals surface area contributed by atoms with E-state index in [9.17, 15) is 0 Å². The molecule has 0 aliphatic rings. The van der Waals surface area contributed by atoms with E-state index in [0.29, 0.717) is 29.8 Å². The Labute approximate surface area is 126 Å². The SMILES string of the molecule is COC/C=C(/C#C[Si](C(C)C)(C(C)C)C(C)C)COC. The average Bonchev–Trinajstić information content (AvgIpc) is 2.35. The molecule has 0 atom stereocenters. The molecule has 0 aliphatic carbocycles. The highest BCUT2D eigenvalue weighted by Crippen LogP contribution is 2.40. The topological polar surface area (TPSA) is 18.5 Å². The van der Waals surface area contributed by atoms with Crippen LogP contribution in [0.5, 0.6) is 0 Å². The Kier molecular flexibility index (Phi) is 9.12. The maximum absolute atomic E-state index is 5.24. The number of hydrogen-bond donors (Lipinski definition) is 0. The third kappa shape index (κ3) is 5.09. The first-order valence-electron chi connectivity index (χ1n) is 7.52. The molecule has 116 valence electrons. The van der Waals surface area contributed by atoms with Crippen molar-refractivity contribution in [2.45, 2.75) is 58.2 Å². The molecule has 0 spiro atoms. The lowest BCUT2D eigenvalue weighted by molar-refractivity contribution is 0.220. The van der Waals surface area contributed by atoms with E-state index >= 15 is 0 Å². The molecule has 0 rings (SSSR count). The van der Waals surface area contributed by atoms with Gasteiger partial charge in [0, 0.05) is 19.8 Å². The van der Waals surface area contributed by atoms with Gasteiger partial charge in [0.1, 0.15) is 8.07 Å². The van der Waals surface area contributed by atoms with Gasteiger partial charge in [0.05, 0.1) is 13.2 Å². The van der Waals surface area contributed by atoms with Crippen LogP contribution in [0.3, 0.4) is 0 Å². The lowest BCUT2D eigenvalue weighted by atomic mass is 10.3. The van der Waals surface area contributed by atoms with Crippen LogP contribution in [-0.2, 0) is 9.47 Å². The van der Waals surface area contributed by atoms with Gasteiger partial charge < -0.3 is 9.47 Å². The lowest BCUT2D eigenvalue weighted by Gasteiger charge is -2.38. The second kappa shape index (κ2) is 9.39. The molecule has 0 aromatic rings. The van der Waals surface area contributed by atoms with Crippen LogP contribution in [0.4, 0.5) is 0 Å². The minimum Gasteiger partial charge on any atom is -0.381 e. The van der Waals surface area contributed by atoms with Gasteiger partial charge in [-0.3, -0.25) is 0 Å². The molecule has 20 heavy (non-hydrogen) atoms. The van der Waals surface area contributed by atoms with Crippen LogP contribution < -0.4 is 0 Å². The molecule has 0 amide bonds. The smallest absolute Gasteiger partial charge is 0.146 e. The number of hydrogen-bond acceptors (Lipinski definition) is 2. The van der Waals surface area contributed by atoms with E-state index in [2.05, 4.69) is 53.0 Å². The second-order valence-electron chi connectivity index (χ2n) is 6.26. The Hall–Kier alpha value is -0.563. The van der Waals surface area contributed by atoms with Gasteiger partial charge in [0.25, 0.3) is 0 Å². The Morgan fingerprint density at radius 1 is 0.950 bits per heavy atom. The number of methoxy groups -OCH3 is 2.